The SMILES string of the molecule is CCc1nnc(NC(=O)c2ccc3c(c2)OCC(=O)N3)s1. The zero-order valence-corrected chi connectivity index (χ0v) is 12.0. The van der Waals surface area contributed by atoms with Crippen molar-refractivity contribution in [1.29, 1.82) is 0 Å². The van der Waals surface area contributed by atoms with Gasteiger partial charge in [-0.2, -0.15) is 0 Å². The lowest BCUT2D eigenvalue weighted by atomic mass is 10.1. The average molecular weight is 304 g/mol. The molecule has 0 radical (unpaired) electrons. The highest BCUT2D eigenvalue weighted by molar-refractivity contribution is 7.15. The van der Waals surface area contributed by atoms with Crippen molar-refractivity contribution in [2.24, 2.45) is 0 Å². The molecular weight excluding hydrogens is 292 g/mol. The molecule has 2 heterocycles. The quantitative estimate of drug-likeness (QED) is 0.900. The summed E-state index contributed by atoms with van der Waals surface area (Å²) in [5, 5.41) is 14.5. The Kier molecular flexibility index (Phi) is 3.53. The third-order valence-corrected chi connectivity index (χ3v) is 3.85. The van der Waals surface area contributed by atoms with Crippen molar-refractivity contribution < 1.29 is 14.3 Å². The number of ether oxygens (including phenoxy) is 1. The Labute approximate surface area is 124 Å². The van der Waals surface area contributed by atoms with Crippen LogP contribution in [-0.4, -0.2) is 28.6 Å². The van der Waals surface area contributed by atoms with Gasteiger partial charge in [-0.25, -0.2) is 0 Å². The van der Waals surface area contributed by atoms with Gasteiger partial charge in [0.05, 0.1) is 5.69 Å². The number of nitrogens with one attached hydrogen (secondary N) is 2. The maximum absolute atomic E-state index is 12.1. The molecule has 2 N–H and O–H groups in total. The van der Waals surface area contributed by atoms with Gasteiger partial charge < -0.3 is 10.1 Å². The predicted molar refractivity (Wildman–Crippen MR) is 77.8 cm³/mol. The first-order valence-corrected chi connectivity index (χ1v) is 7.18. The molecule has 0 saturated heterocycles. The van der Waals surface area contributed by atoms with Crippen LogP contribution in [0.1, 0.15) is 22.3 Å². The van der Waals surface area contributed by atoms with Gasteiger partial charge in [0.1, 0.15) is 10.8 Å². The van der Waals surface area contributed by atoms with Crippen LogP contribution in [0.15, 0.2) is 18.2 Å². The summed E-state index contributed by atoms with van der Waals surface area (Å²) < 4.78 is 5.28. The van der Waals surface area contributed by atoms with Crippen LogP contribution in [0.4, 0.5) is 10.8 Å². The van der Waals surface area contributed by atoms with Crippen molar-refractivity contribution >= 4 is 34.0 Å². The van der Waals surface area contributed by atoms with E-state index in [-0.39, 0.29) is 18.4 Å². The van der Waals surface area contributed by atoms with E-state index in [0.717, 1.165) is 11.4 Å². The first-order valence-electron chi connectivity index (χ1n) is 6.36. The molecule has 1 aromatic heterocycles. The van der Waals surface area contributed by atoms with Gasteiger partial charge in [-0.3, -0.25) is 14.9 Å². The summed E-state index contributed by atoms with van der Waals surface area (Å²) in [6, 6.07) is 4.84. The number of amides is 2. The molecule has 0 fully saturated rings. The molecule has 1 aliphatic heterocycles. The number of benzene rings is 1. The third kappa shape index (κ3) is 2.84. The number of rotatable bonds is 3. The number of carbonyl (C=O) groups excluding carboxylic acids is 2. The van der Waals surface area contributed by atoms with Crippen LogP contribution < -0.4 is 15.4 Å². The molecule has 1 aromatic carbocycles. The Morgan fingerprint density at radius 3 is 3.10 bits per heavy atom. The molecular formula is C13H12N4O3S. The highest BCUT2D eigenvalue weighted by Crippen LogP contribution is 2.29. The minimum absolute atomic E-state index is 0.0473. The fourth-order valence-corrected chi connectivity index (χ4v) is 2.51. The van der Waals surface area contributed by atoms with Gasteiger partial charge in [0, 0.05) is 5.56 Å². The molecule has 0 aliphatic carbocycles. The monoisotopic (exact) mass is 304 g/mol. The molecule has 3 rings (SSSR count). The number of aromatic nitrogens is 2. The third-order valence-electron chi connectivity index (χ3n) is 2.87. The second-order valence-corrected chi connectivity index (χ2v) is 5.42. The van der Waals surface area contributed by atoms with E-state index in [0.29, 0.717) is 22.1 Å². The molecule has 2 amide bonds. The fourth-order valence-electron chi connectivity index (χ4n) is 1.83. The number of anilines is 2. The van der Waals surface area contributed by atoms with Crippen molar-refractivity contribution in [2.75, 3.05) is 17.2 Å². The molecule has 8 heteroatoms. The Balaban J connectivity index is 1.77. The zero-order valence-electron chi connectivity index (χ0n) is 11.2. The second kappa shape index (κ2) is 5.49. The minimum Gasteiger partial charge on any atom is -0.482 e. The maximum atomic E-state index is 12.1. The lowest BCUT2D eigenvalue weighted by Gasteiger charge is -2.18. The average Bonchev–Trinajstić information content (AvgIpc) is 2.94. The van der Waals surface area contributed by atoms with Gasteiger partial charge in [-0.15, -0.1) is 10.2 Å². The summed E-state index contributed by atoms with van der Waals surface area (Å²) >= 11 is 1.34. The summed E-state index contributed by atoms with van der Waals surface area (Å²) in [7, 11) is 0. The van der Waals surface area contributed by atoms with Crippen LogP contribution in [0, 0.1) is 0 Å². The van der Waals surface area contributed by atoms with E-state index >= 15 is 0 Å². The molecule has 2 aromatic rings. The van der Waals surface area contributed by atoms with Gasteiger partial charge in [0.15, 0.2) is 6.61 Å². The molecule has 0 saturated carbocycles. The van der Waals surface area contributed by atoms with Crippen LogP contribution in [0.25, 0.3) is 0 Å². The van der Waals surface area contributed by atoms with E-state index in [9.17, 15) is 9.59 Å². The van der Waals surface area contributed by atoms with Crippen molar-refractivity contribution in [3.05, 3.63) is 28.8 Å². The Bertz CT molecular complexity index is 713. The molecule has 1 aliphatic rings. The molecule has 0 spiro atoms. The summed E-state index contributed by atoms with van der Waals surface area (Å²) in [5.74, 6) is -0.0217. The molecule has 108 valence electrons. The number of fused-ring (bicyclic) bond motifs is 1. The van der Waals surface area contributed by atoms with Gasteiger partial charge in [0.2, 0.25) is 5.13 Å². The highest BCUT2D eigenvalue weighted by Gasteiger charge is 2.18. The summed E-state index contributed by atoms with van der Waals surface area (Å²) in [4.78, 5) is 23.3. The van der Waals surface area contributed by atoms with Crippen LogP contribution >= 0.6 is 11.3 Å². The van der Waals surface area contributed by atoms with Crippen molar-refractivity contribution in [3.63, 3.8) is 0 Å². The maximum Gasteiger partial charge on any atom is 0.262 e. The number of aryl methyl sites for hydroxylation is 1. The number of hydrogen-bond acceptors (Lipinski definition) is 6. The lowest BCUT2D eigenvalue weighted by Crippen LogP contribution is -2.25. The van der Waals surface area contributed by atoms with Gasteiger partial charge >= 0.3 is 0 Å². The van der Waals surface area contributed by atoms with Crippen LogP contribution in [0.5, 0.6) is 5.75 Å². The second-order valence-electron chi connectivity index (χ2n) is 4.36. The van der Waals surface area contributed by atoms with E-state index in [1.807, 2.05) is 6.92 Å². The van der Waals surface area contributed by atoms with Gasteiger partial charge in [-0.1, -0.05) is 18.3 Å². The van der Waals surface area contributed by atoms with E-state index < -0.39 is 0 Å². The van der Waals surface area contributed by atoms with E-state index in [1.165, 1.54) is 11.3 Å². The summed E-state index contributed by atoms with van der Waals surface area (Å²) in [5.41, 5.74) is 0.991. The van der Waals surface area contributed by atoms with Gasteiger partial charge in [0.25, 0.3) is 11.8 Å². The topological polar surface area (TPSA) is 93.2 Å². The summed E-state index contributed by atoms with van der Waals surface area (Å²) in [6.07, 6.45) is 0.778. The largest absolute Gasteiger partial charge is 0.482 e. The first-order chi connectivity index (χ1) is 10.2. The lowest BCUT2D eigenvalue weighted by molar-refractivity contribution is -0.118. The van der Waals surface area contributed by atoms with Gasteiger partial charge in [-0.05, 0) is 24.6 Å². The molecule has 7 nitrogen and oxygen atoms in total. The van der Waals surface area contributed by atoms with Crippen LogP contribution in [-0.2, 0) is 11.2 Å². The molecule has 21 heavy (non-hydrogen) atoms. The van der Waals surface area contributed by atoms with E-state index in [1.54, 1.807) is 18.2 Å². The van der Waals surface area contributed by atoms with E-state index in [4.69, 9.17) is 4.74 Å². The number of hydrogen-bond donors (Lipinski definition) is 2. The highest BCUT2D eigenvalue weighted by atomic mass is 32.1. The Morgan fingerprint density at radius 1 is 1.48 bits per heavy atom. The predicted octanol–water partition coefficient (Wildman–Crippen LogP) is 1.68. The standard InChI is InChI=1S/C13H12N4O3S/c1-2-11-16-17-13(21-11)15-12(19)7-3-4-8-9(5-7)20-6-10(18)14-8/h3-5H,2,6H2,1H3,(H,14,18)(H,15,17,19). The molecule has 0 unspecified atom stereocenters. The van der Waals surface area contributed by atoms with Crippen molar-refractivity contribution in [1.82, 2.24) is 10.2 Å². The number of carbonyl (C=O) groups is 2. The van der Waals surface area contributed by atoms with Crippen LogP contribution in [0.2, 0.25) is 0 Å². The molecule has 0 bridgehead atoms. The van der Waals surface area contributed by atoms with Crippen LogP contribution in [0.3, 0.4) is 0 Å². The summed E-state index contributed by atoms with van der Waals surface area (Å²) in [6.45, 7) is 1.93. The molecule has 0 atom stereocenters. The number of nitrogens with zero attached hydrogens (tertiary/aromatic N) is 2. The smallest absolute Gasteiger partial charge is 0.262 e. The van der Waals surface area contributed by atoms with E-state index in [2.05, 4.69) is 20.8 Å². The first kappa shape index (κ1) is 13.5. The fraction of sp³-hybridized carbons (Fsp3) is 0.231. The Hall–Kier alpha value is -2.48. The Morgan fingerprint density at radius 2 is 2.33 bits per heavy atom. The zero-order chi connectivity index (χ0) is 14.8. The minimum atomic E-state index is -0.294. The van der Waals surface area contributed by atoms with Crippen molar-refractivity contribution in [2.45, 2.75) is 13.3 Å². The normalized spacial score (nSPS) is 13.1. The van der Waals surface area contributed by atoms with Crippen molar-refractivity contribution in [3.8, 4) is 5.75 Å².